The van der Waals surface area contributed by atoms with Crippen molar-refractivity contribution < 1.29 is 44.3 Å². The fraction of sp³-hybridized carbons (Fsp3) is 0.696. The lowest BCUT2D eigenvalue weighted by molar-refractivity contribution is -0.205. The van der Waals surface area contributed by atoms with Crippen molar-refractivity contribution in [3.05, 3.63) is 22.2 Å². The molecule has 0 heterocycles. The van der Waals surface area contributed by atoms with E-state index in [9.17, 15) is 34.2 Å². The van der Waals surface area contributed by atoms with Crippen LogP contribution in [0.15, 0.2) is 22.2 Å². The Morgan fingerprint density at radius 3 is 2.58 bits per heavy atom. The summed E-state index contributed by atoms with van der Waals surface area (Å²) >= 11 is 3.29. The normalized spacial score (nSPS) is 45.3. The quantitative estimate of drug-likeness (QED) is 0.422. The van der Waals surface area contributed by atoms with Crippen molar-refractivity contribution in [2.24, 2.45) is 28.6 Å². The maximum atomic E-state index is 13.7. The number of halogens is 2. The van der Waals surface area contributed by atoms with Crippen LogP contribution in [0.1, 0.15) is 46.0 Å². The van der Waals surface area contributed by atoms with E-state index in [1.54, 1.807) is 13.0 Å². The summed E-state index contributed by atoms with van der Waals surface area (Å²) in [5.41, 5.74) is -3.65. The average Bonchev–Trinajstić information content (AvgIpc) is 2.95. The lowest BCUT2D eigenvalue weighted by atomic mass is 9.46. The third-order valence-electron chi connectivity index (χ3n) is 8.98. The van der Waals surface area contributed by atoms with Gasteiger partial charge in [-0.15, -0.1) is 0 Å². The van der Waals surface area contributed by atoms with Crippen LogP contribution in [-0.2, 0) is 19.3 Å². The molecule has 4 aliphatic carbocycles. The summed E-state index contributed by atoms with van der Waals surface area (Å²) < 4.78 is 14.1. The van der Waals surface area contributed by atoms with E-state index < -0.39 is 58.8 Å². The van der Waals surface area contributed by atoms with Crippen LogP contribution in [0.3, 0.4) is 0 Å². The van der Waals surface area contributed by atoms with Gasteiger partial charge in [-0.3, -0.25) is 14.4 Å². The molecule has 3 unspecified atom stereocenters. The van der Waals surface area contributed by atoms with Gasteiger partial charge in [0.1, 0.15) is 12.2 Å². The summed E-state index contributed by atoms with van der Waals surface area (Å²) in [6.45, 7) is 3.59. The lowest BCUT2D eigenvalue weighted by Crippen LogP contribution is -2.63. The number of allylic oxidation sites excluding steroid dienone is 3. The Morgan fingerprint density at radius 2 is 1.97 bits per heavy atom. The molecule has 33 heavy (non-hydrogen) atoms. The van der Waals surface area contributed by atoms with Crippen molar-refractivity contribution >= 4 is 33.5 Å². The first-order valence-corrected chi connectivity index (χ1v) is 11.9. The molecule has 10 heteroatoms. The Balaban J connectivity index is 1.74. The Morgan fingerprint density at radius 1 is 1.30 bits per heavy atom. The first-order chi connectivity index (χ1) is 15.3. The van der Waals surface area contributed by atoms with Gasteiger partial charge in [-0.1, -0.05) is 19.9 Å². The second-order valence-electron chi connectivity index (χ2n) is 10.4. The molecule has 182 valence electrons. The number of carbonyl (C=O) groups is 3. The minimum absolute atomic E-state index is 0.0393. The van der Waals surface area contributed by atoms with Gasteiger partial charge in [0.25, 0.3) is 0 Å². The number of Topliss-reactive ketones (excluding diaryl/α,β-unsaturated/α-hetero) is 1. The maximum absolute atomic E-state index is 13.7. The monoisotopic (exact) mass is 530 g/mol. The smallest absolute Gasteiger partial charge is 0.306 e. The molecule has 0 aromatic carbocycles. The van der Waals surface area contributed by atoms with E-state index in [2.05, 4.69) is 20.9 Å². The zero-order valence-electron chi connectivity index (χ0n) is 18.3. The van der Waals surface area contributed by atoms with Gasteiger partial charge in [0.05, 0.1) is 17.0 Å². The number of ketones is 2. The number of carboxylic acids is 1. The Hall–Kier alpha value is -1.46. The fourth-order valence-corrected chi connectivity index (χ4v) is 7.93. The van der Waals surface area contributed by atoms with Crippen molar-refractivity contribution in [1.29, 1.82) is 0 Å². The number of hydrogen-bond acceptors (Lipinski definition) is 7. The summed E-state index contributed by atoms with van der Waals surface area (Å²) in [6, 6.07) is 0. The molecule has 0 aromatic rings. The van der Waals surface area contributed by atoms with Crippen LogP contribution in [-0.4, -0.2) is 61.9 Å². The minimum atomic E-state index is -2.33. The summed E-state index contributed by atoms with van der Waals surface area (Å²) in [4.78, 5) is 40.6. The van der Waals surface area contributed by atoms with Crippen molar-refractivity contribution in [2.45, 2.75) is 69.9 Å². The Kier molecular flexibility index (Phi) is 6.01. The summed E-state index contributed by atoms with van der Waals surface area (Å²) in [6.07, 6.45) is -1.08. The highest BCUT2D eigenvalue weighted by molar-refractivity contribution is 9.12. The first-order valence-electron chi connectivity index (χ1n) is 11.1. The lowest BCUT2D eigenvalue weighted by Gasteiger charge is -2.58. The number of hydrogen-bond donors (Lipinski definition) is 4. The van der Waals surface area contributed by atoms with Crippen molar-refractivity contribution in [1.82, 2.24) is 0 Å². The molecule has 4 aliphatic rings. The predicted octanol–water partition coefficient (Wildman–Crippen LogP) is 2.00. The second-order valence-corrected chi connectivity index (χ2v) is 11.2. The SMILES string of the molecule is C[C@]12C=C(Br)C(=O)C=C1C(OF)C[C@@H]1[C@@H]2CC[C@@]2(C)[C@H]1CC(O)[C@]2(O)C(=O)C(O)CC(=O)O. The highest BCUT2D eigenvalue weighted by Crippen LogP contribution is 2.67. The minimum Gasteiger partial charge on any atom is -0.481 e. The number of carboxylic acid groups (broad SMARTS) is 1. The van der Waals surface area contributed by atoms with Gasteiger partial charge in [0.2, 0.25) is 0 Å². The fourth-order valence-electron chi connectivity index (χ4n) is 7.34. The van der Waals surface area contributed by atoms with Crippen LogP contribution in [0, 0.1) is 28.6 Å². The molecule has 0 bridgehead atoms. The third-order valence-corrected chi connectivity index (χ3v) is 9.60. The van der Waals surface area contributed by atoms with Crippen LogP contribution in [0.25, 0.3) is 0 Å². The highest BCUT2D eigenvalue weighted by atomic mass is 79.9. The molecule has 4 rings (SSSR count). The van der Waals surface area contributed by atoms with Crippen LogP contribution in [0.2, 0.25) is 0 Å². The molecular weight excluding hydrogens is 503 g/mol. The van der Waals surface area contributed by atoms with Crippen LogP contribution in [0.5, 0.6) is 0 Å². The number of aliphatic hydroxyl groups is 3. The van der Waals surface area contributed by atoms with Gasteiger partial charge in [0.15, 0.2) is 17.2 Å². The van der Waals surface area contributed by atoms with E-state index in [-0.39, 0.29) is 30.5 Å². The molecule has 4 N–H and O–H groups in total. The van der Waals surface area contributed by atoms with Gasteiger partial charge < -0.3 is 20.4 Å². The Bertz CT molecular complexity index is 964. The molecule has 3 fully saturated rings. The molecule has 0 aliphatic heterocycles. The van der Waals surface area contributed by atoms with Crippen LogP contribution >= 0.6 is 15.9 Å². The van der Waals surface area contributed by atoms with Gasteiger partial charge in [0, 0.05) is 10.8 Å². The zero-order valence-corrected chi connectivity index (χ0v) is 19.9. The second kappa shape index (κ2) is 8.05. The predicted molar refractivity (Wildman–Crippen MR) is 115 cm³/mol. The number of aliphatic carboxylic acids is 1. The molecule has 0 radical (unpaired) electrons. The summed E-state index contributed by atoms with van der Waals surface area (Å²) in [5.74, 6) is -3.52. The van der Waals surface area contributed by atoms with Crippen LogP contribution < -0.4 is 0 Å². The number of fused-ring (bicyclic) bond motifs is 5. The number of rotatable bonds is 5. The molecule has 9 atom stereocenters. The average molecular weight is 531 g/mol. The van der Waals surface area contributed by atoms with E-state index in [1.165, 1.54) is 6.08 Å². The van der Waals surface area contributed by atoms with Crippen molar-refractivity contribution in [3.63, 3.8) is 0 Å². The van der Waals surface area contributed by atoms with Gasteiger partial charge in [-0.2, -0.15) is 4.94 Å². The number of aliphatic hydroxyl groups excluding tert-OH is 2. The van der Waals surface area contributed by atoms with Crippen molar-refractivity contribution in [2.75, 3.05) is 0 Å². The van der Waals surface area contributed by atoms with Crippen LogP contribution in [0.4, 0.5) is 4.53 Å². The van der Waals surface area contributed by atoms with Gasteiger partial charge >= 0.3 is 5.97 Å². The molecule has 0 amide bonds. The standard InChI is InChI=1S/C23H28BrFO8/c1-21-9-14(24)15(26)6-13(21)17(33-25)5-10-11(21)3-4-22(2)12(10)7-18(28)23(22,32)20(31)16(27)8-19(29)30/h6,9-12,16-18,27-28,32H,3-5,7-8H2,1-2H3,(H,29,30)/t10-,11+,12+,16?,17?,18?,21-,22+,23+/m1/s1. The molecule has 0 spiro atoms. The van der Waals surface area contributed by atoms with Crippen molar-refractivity contribution in [3.8, 4) is 0 Å². The van der Waals surface area contributed by atoms with Gasteiger partial charge in [-0.05, 0) is 75.5 Å². The number of carbonyl (C=O) groups excluding carboxylic acids is 2. The van der Waals surface area contributed by atoms with Gasteiger partial charge in [-0.25, -0.2) is 0 Å². The third kappa shape index (κ3) is 3.32. The molecule has 0 saturated heterocycles. The van der Waals surface area contributed by atoms with E-state index >= 15 is 0 Å². The Labute approximate surface area is 198 Å². The summed E-state index contributed by atoms with van der Waals surface area (Å²) in [5, 5.41) is 41.5. The van der Waals surface area contributed by atoms with E-state index in [0.29, 0.717) is 22.9 Å². The largest absolute Gasteiger partial charge is 0.481 e. The highest BCUT2D eigenvalue weighted by Gasteiger charge is 2.71. The van der Waals surface area contributed by atoms with E-state index in [4.69, 9.17) is 5.11 Å². The maximum Gasteiger partial charge on any atom is 0.306 e. The first kappa shape index (κ1) is 24.7. The molecule has 8 nitrogen and oxygen atoms in total. The zero-order chi connectivity index (χ0) is 24.5. The molecule has 0 aromatic heterocycles. The topological polar surface area (TPSA) is 141 Å². The van der Waals surface area contributed by atoms with E-state index in [0.717, 1.165) is 0 Å². The molecule has 3 saturated carbocycles. The summed E-state index contributed by atoms with van der Waals surface area (Å²) in [7, 11) is 0. The van der Waals surface area contributed by atoms with E-state index in [1.807, 2.05) is 6.92 Å². The molecular formula is C23H28BrFO8.